The predicted octanol–water partition coefficient (Wildman–Crippen LogP) is 1.68. The van der Waals surface area contributed by atoms with Crippen molar-refractivity contribution < 1.29 is 9.84 Å². The SMILES string of the molecule is CCCCCCCCOC(CN)CO. The molecule has 0 heterocycles. The minimum atomic E-state index is -0.161. The number of hydrogen-bond donors (Lipinski definition) is 2. The molecular formula is C11H25NO2. The second-order valence-electron chi connectivity index (χ2n) is 3.68. The number of nitrogens with two attached hydrogens (primary N) is 1. The molecule has 0 radical (unpaired) electrons. The highest BCUT2D eigenvalue weighted by Gasteiger charge is 2.03. The van der Waals surface area contributed by atoms with E-state index >= 15 is 0 Å². The van der Waals surface area contributed by atoms with Crippen molar-refractivity contribution in [2.45, 2.75) is 51.6 Å². The first-order valence-corrected chi connectivity index (χ1v) is 5.77. The van der Waals surface area contributed by atoms with Crippen molar-refractivity contribution >= 4 is 0 Å². The summed E-state index contributed by atoms with van der Waals surface area (Å²) in [7, 11) is 0. The zero-order chi connectivity index (χ0) is 10.6. The maximum Gasteiger partial charge on any atom is 0.0927 e. The van der Waals surface area contributed by atoms with Crippen LogP contribution in [0, 0.1) is 0 Å². The molecule has 86 valence electrons. The molecule has 0 aliphatic carbocycles. The Morgan fingerprint density at radius 1 is 1.14 bits per heavy atom. The van der Waals surface area contributed by atoms with E-state index in [2.05, 4.69) is 6.92 Å². The lowest BCUT2D eigenvalue weighted by molar-refractivity contribution is 0.0170. The van der Waals surface area contributed by atoms with E-state index in [4.69, 9.17) is 15.6 Å². The standard InChI is InChI=1S/C11H25NO2/c1-2-3-4-5-6-7-8-14-11(9-12)10-13/h11,13H,2-10,12H2,1H3. The van der Waals surface area contributed by atoms with Gasteiger partial charge in [-0.2, -0.15) is 0 Å². The molecule has 0 saturated heterocycles. The summed E-state index contributed by atoms with van der Waals surface area (Å²) in [5.41, 5.74) is 5.38. The topological polar surface area (TPSA) is 55.5 Å². The molecule has 3 heteroatoms. The van der Waals surface area contributed by atoms with E-state index in [1.165, 1.54) is 32.1 Å². The van der Waals surface area contributed by atoms with Gasteiger partial charge in [0.15, 0.2) is 0 Å². The summed E-state index contributed by atoms with van der Waals surface area (Å²) in [4.78, 5) is 0. The normalized spacial score (nSPS) is 13.1. The van der Waals surface area contributed by atoms with Gasteiger partial charge in [-0.25, -0.2) is 0 Å². The van der Waals surface area contributed by atoms with Crippen molar-refractivity contribution in [2.24, 2.45) is 5.73 Å². The second kappa shape index (κ2) is 11.0. The first-order chi connectivity index (χ1) is 6.85. The Bertz CT molecular complexity index is 105. The predicted molar refractivity (Wildman–Crippen MR) is 59.3 cm³/mol. The highest BCUT2D eigenvalue weighted by molar-refractivity contribution is 4.55. The molecule has 3 N–H and O–H groups in total. The number of unbranched alkanes of at least 4 members (excludes halogenated alkanes) is 5. The van der Waals surface area contributed by atoms with E-state index in [1.54, 1.807) is 0 Å². The van der Waals surface area contributed by atoms with Crippen LogP contribution in [0.3, 0.4) is 0 Å². The van der Waals surface area contributed by atoms with Gasteiger partial charge < -0.3 is 15.6 Å². The minimum absolute atomic E-state index is 0.0341. The molecule has 0 aromatic heterocycles. The number of ether oxygens (including phenoxy) is 1. The van der Waals surface area contributed by atoms with Crippen LogP contribution in [-0.4, -0.2) is 31.0 Å². The van der Waals surface area contributed by atoms with Crippen LogP contribution in [0.25, 0.3) is 0 Å². The van der Waals surface area contributed by atoms with Crippen LogP contribution in [0.1, 0.15) is 45.4 Å². The van der Waals surface area contributed by atoms with Gasteiger partial charge in [0.25, 0.3) is 0 Å². The molecule has 0 rings (SSSR count). The van der Waals surface area contributed by atoms with Crippen LogP contribution in [-0.2, 0) is 4.74 Å². The van der Waals surface area contributed by atoms with Crippen molar-refractivity contribution in [1.29, 1.82) is 0 Å². The molecule has 0 amide bonds. The van der Waals surface area contributed by atoms with Crippen LogP contribution >= 0.6 is 0 Å². The Hall–Kier alpha value is -0.120. The lowest BCUT2D eigenvalue weighted by atomic mass is 10.1. The Kier molecular flexibility index (Phi) is 10.9. The highest BCUT2D eigenvalue weighted by atomic mass is 16.5. The molecule has 1 atom stereocenters. The van der Waals surface area contributed by atoms with Crippen LogP contribution in [0.15, 0.2) is 0 Å². The molecule has 14 heavy (non-hydrogen) atoms. The van der Waals surface area contributed by atoms with E-state index in [9.17, 15) is 0 Å². The van der Waals surface area contributed by atoms with Crippen molar-refractivity contribution in [3.63, 3.8) is 0 Å². The fraction of sp³-hybridized carbons (Fsp3) is 1.00. The second-order valence-corrected chi connectivity index (χ2v) is 3.68. The fourth-order valence-electron chi connectivity index (χ4n) is 1.33. The fourth-order valence-corrected chi connectivity index (χ4v) is 1.33. The lowest BCUT2D eigenvalue weighted by Gasteiger charge is -2.12. The molecule has 0 bridgehead atoms. The number of aliphatic hydroxyl groups excluding tert-OH is 1. The maximum absolute atomic E-state index is 8.79. The summed E-state index contributed by atoms with van der Waals surface area (Å²) in [6.07, 6.45) is 7.40. The van der Waals surface area contributed by atoms with Crippen LogP contribution in [0.2, 0.25) is 0 Å². The van der Waals surface area contributed by atoms with Crippen LogP contribution < -0.4 is 5.73 Å². The smallest absolute Gasteiger partial charge is 0.0927 e. The lowest BCUT2D eigenvalue weighted by Crippen LogP contribution is -2.27. The molecule has 0 saturated carbocycles. The average molecular weight is 203 g/mol. The zero-order valence-electron chi connectivity index (χ0n) is 9.37. The molecule has 0 aromatic carbocycles. The zero-order valence-corrected chi connectivity index (χ0v) is 9.37. The number of rotatable bonds is 10. The first-order valence-electron chi connectivity index (χ1n) is 5.77. The van der Waals surface area contributed by atoms with Gasteiger partial charge in [0.2, 0.25) is 0 Å². The molecule has 1 unspecified atom stereocenters. The minimum Gasteiger partial charge on any atom is -0.394 e. The molecule has 0 spiro atoms. The van der Waals surface area contributed by atoms with Gasteiger partial charge in [-0.3, -0.25) is 0 Å². The summed E-state index contributed by atoms with van der Waals surface area (Å²) in [5.74, 6) is 0. The van der Waals surface area contributed by atoms with Crippen molar-refractivity contribution in [3.8, 4) is 0 Å². The summed E-state index contributed by atoms with van der Waals surface area (Å²) in [5, 5.41) is 8.79. The molecule has 0 aliphatic rings. The quantitative estimate of drug-likeness (QED) is 0.531. The Balaban J connectivity index is 3.04. The molecule has 0 aromatic rings. The summed E-state index contributed by atoms with van der Waals surface area (Å²) >= 11 is 0. The first kappa shape index (κ1) is 13.9. The van der Waals surface area contributed by atoms with Gasteiger partial charge in [0.1, 0.15) is 0 Å². The largest absolute Gasteiger partial charge is 0.394 e. The van der Waals surface area contributed by atoms with Crippen molar-refractivity contribution in [2.75, 3.05) is 19.8 Å². The highest BCUT2D eigenvalue weighted by Crippen LogP contribution is 2.05. The summed E-state index contributed by atoms with van der Waals surface area (Å²) in [6, 6.07) is 0. The van der Waals surface area contributed by atoms with Crippen LogP contribution in [0.4, 0.5) is 0 Å². The van der Waals surface area contributed by atoms with Crippen LogP contribution in [0.5, 0.6) is 0 Å². The van der Waals surface area contributed by atoms with Gasteiger partial charge in [0, 0.05) is 13.2 Å². The summed E-state index contributed by atoms with van der Waals surface area (Å²) in [6.45, 7) is 3.39. The molecule has 0 fully saturated rings. The molecule has 0 aliphatic heterocycles. The molecule has 3 nitrogen and oxygen atoms in total. The summed E-state index contributed by atoms with van der Waals surface area (Å²) < 4.78 is 5.37. The number of hydrogen-bond acceptors (Lipinski definition) is 3. The van der Waals surface area contributed by atoms with Gasteiger partial charge in [-0.1, -0.05) is 39.0 Å². The van der Waals surface area contributed by atoms with Crippen molar-refractivity contribution in [1.82, 2.24) is 0 Å². The van der Waals surface area contributed by atoms with Gasteiger partial charge in [0.05, 0.1) is 12.7 Å². The third-order valence-corrected chi connectivity index (χ3v) is 2.32. The third kappa shape index (κ3) is 8.48. The van der Waals surface area contributed by atoms with Gasteiger partial charge >= 0.3 is 0 Å². The number of aliphatic hydroxyl groups is 1. The van der Waals surface area contributed by atoms with E-state index < -0.39 is 0 Å². The average Bonchev–Trinajstić information content (AvgIpc) is 2.22. The van der Waals surface area contributed by atoms with Gasteiger partial charge in [-0.15, -0.1) is 0 Å². The monoisotopic (exact) mass is 203 g/mol. The Labute approximate surface area is 87.6 Å². The van der Waals surface area contributed by atoms with Gasteiger partial charge in [-0.05, 0) is 6.42 Å². The Morgan fingerprint density at radius 3 is 2.36 bits per heavy atom. The van der Waals surface area contributed by atoms with E-state index in [1.807, 2.05) is 0 Å². The van der Waals surface area contributed by atoms with Crippen molar-refractivity contribution in [3.05, 3.63) is 0 Å². The maximum atomic E-state index is 8.79. The van der Waals surface area contributed by atoms with E-state index in [0.29, 0.717) is 6.54 Å². The third-order valence-electron chi connectivity index (χ3n) is 2.32. The Morgan fingerprint density at radius 2 is 1.79 bits per heavy atom. The van der Waals surface area contributed by atoms with E-state index in [0.717, 1.165) is 13.0 Å². The molecular weight excluding hydrogens is 178 g/mol. The van der Waals surface area contributed by atoms with E-state index in [-0.39, 0.29) is 12.7 Å².